The van der Waals surface area contributed by atoms with Crippen molar-refractivity contribution in [3.8, 4) is 5.75 Å². The fourth-order valence-corrected chi connectivity index (χ4v) is 2.43. The smallest absolute Gasteiger partial charge is 0.336 e. The van der Waals surface area contributed by atoms with E-state index in [4.69, 9.17) is 0 Å². The summed E-state index contributed by atoms with van der Waals surface area (Å²) in [5.74, 6) is -0.624. The lowest BCUT2D eigenvalue weighted by Gasteiger charge is -2.18. The molecule has 0 heterocycles. The predicted molar refractivity (Wildman–Crippen MR) is 67.9 cm³/mol. The summed E-state index contributed by atoms with van der Waals surface area (Å²) in [5, 5.41) is 19.5. The molecule has 0 radical (unpaired) electrons. The van der Waals surface area contributed by atoms with Crippen molar-refractivity contribution in [3.63, 3.8) is 0 Å². The number of phenols is 1. The first-order chi connectivity index (χ1) is 7.95. The Hall–Kier alpha value is -1.51. The van der Waals surface area contributed by atoms with Crippen molar-refractivity contribution in [2.24, 2.45) is 0 Å². The van der Waals surface area contributed by atoms with E-state index in [1.807, 2.05) is 13.8 Å². The molecule has 2 N–H and O–H groups in total. The molecule has 0 aliphatic heterocycles. The number of hydrogen-bond acceptors (Lipinski definition) is 2. The van der Waals surface area contributed by atoms with E-state index in [2.05, 4.69) is 0 Å². The van der Waals surface area contributed by atoms with Crippen molar-refractivity contribution < 1.29 is 15.0 Å². The molecule has 0 saturated heterocycles. The number of aromatic carboxylic acids is 1. The molecule has 0 aromatic heterocycles. The summed E-state index contributed by atoms with van der Waals surface area (Å²) in [4.78, 5) is 11.3. The molecular weight excluding hydrogens is 216 g/mol. The van der Waals surface area contributed by atoms with Gasteiger partial charge in [0.05, 0.1) is 5.56 Å². The summed E-state index contributed by atoms with van der Waals surface area (Å²) >= 11 is 0. The van der Waals surface area contributed by atoms with E-state index in [0.717, 1.165) is 17.5 Å². The molecule has 3 heteroatoms. The first-order valence-corrected chi connectivity index (χ1v) is 6.02. The van der Waals surface area contributed by atoms with Crippen LogP contribution in [-0.4, -0.2) is 16.2 Å². The van der Waals surface area contributed by atoms with Crippen molar-refractivity contribution in [2.75, 3.05) is 0 Å². The van der Waals surface area contributed by atoms with Gasteiger partial charge in [-0.25, -0.2) is 4.79 Å². The maximum absolute atomic E-state index is 11.3. The molecule has 0 atom stereocenters. The van der Waals surface area contributed by atoms with Crippen LogP contribution < -0.4 is 0 Å². The molecule has 0 unspecified atom stereocenters. The Morgan fingerprint density at radius 1 is 1.12 bits per heavy atom. The zero-order chi connectivity index (χ0) is 13.2. The highest BCUT2D eigenvalue weighted by Gasteiger charge is 2.21. The molecule has 17 heavy (non-hydrogen) atoms. The van der Waals surface area contributed by atoms with E-state index < -0.39 is 5.97 Å². The lowest BCUT2D eigenvalue weighted by atomic mass is 9.89. The lowest BCUT2D eigenvalue weighted by Crippen LogP contribution is -2.09. The minimum atomic E-state index is -0.910. The Balaban J connectivity index is 3.62. The van der Waals surface area contributed by atoms with Crippen molar-refractivity contribution in [1.82, 2.24) is 0 Å². The monoisotopic (exact) mass is 236 g/mol. The third kappa shape index (κ3) is 2.28. The Morgan fingerprint density at radius 2 is 1.65 bits per heavy atom. The number of rotatable bonds is 4. The summed E-state index contributed by atoms with van der Waals surface area (Å²) in [5.41, 5.74) is 3.29. The number of phenolic OH excluding ortho intramolecular Hbond substituents is 1. The van der Waals surface area contributed by atoms with E-state index in [1.54, 1.807) is 13.8 Å². The fraction of sp³-hybridized carbons (Fsp3) is 0.500. The van der Waals surface area contributed by atoms with Crippen LogP contribution >= 0.6 is 0 Å². The van der Waals surface area contributed by atoms with Gasteiger partial charge in [0.2, 0.25) is 0 Å². The van der Waals surface area contributed by atoms with E-state index >= 15 is 0 Å². The van der Waals surface area contributed by atoms with Gasteiger partial charge in [-0.2, -0.15) is 0 Å². The van der Waals surface area contributed by atoms with Crippen LogP contribution in [0.5, 0.6) is 5.75 Å². The highest BCUT2D eigenvalue weighted by molar-refractivity contribution is 5.92. The average Bonchev–Trinajstić information content (AvgIpc) is 2.24. The first-order valence-electron chi connectivity index (χ1n) is 6.02. The maximum Gasteiger partial charge on any atom is 0.336 e. The molecule has 3 nitrogen and oxygen atoms in total. The zero-order valence-corrected chi connectivity index (χ0v) is 10.9. The third-order valence-electron chi connectivity index (χ3n) is 3.29. The van der Waals surface area contributed by atoms with Crippen LogP contribution in [0.1, 0.15) is 52.9 Å². The molecule has 1 aromatic carbocycles. The van der Waals surface area contributed by atoms with Gasteiger partial charge in [-0.05, 0) is 48.9 Å². The van der Waals surface area contributed by atoms with Gasteiger partial charge in [0.25, 0.3) is 0 Å². The topological polar surface area (TPSA) is 57.5 Å². The SMILES string of the molecule is CCCc1c(C)c(C(=O)O)c(C)c(CC)c1O. The van der Waals surface area contributed by atoms with Gasteiger partial charge in [0.1, 0.15) is 5.75 Å². The minimum Gasteiger partial charge on any atom is -0.507 e. The molecule has 1 rings (SSSR count). The summed E-state index contributed by atoms with van der Waals surface area (Å²) in [6.07, 6.45) is 2.25. The van der Waals surface area contributed by atoms with Crippen LogP contribution in [0.3, 0.4) is 0 Å². The van der Waals surface area contributed by atoms with Crippen molar-refractivity contribution in [3.05, 3.63) is 27.8 Å². The standard InChI is InChI=1S/C14H20O3/c1-5-7-11-9(4)12(14(16)17)8(3)10(6-2)13(11)15/h15H,5-7H2,1-4H3,(H,16,17). The van der Waals surface area contributed by atoms with Gasteiger partial charge in [-0.15, -0.1) is 0 Å². The van der Waals surface area contributed by atoms with Crippen LogP contribution in [0, 0.1) is 13.8 Å². The van der Waals surface area contributed by atoms with Gasteiger partial charge in [-0.3, -0.25) is 0 Å². The summed E-state index contributed by atoms with van der Waals surface area (Å²) in [6.45, 7) is 7.49. The second-order valence-corrected chi connectivity index (χ2v) is 4.34. The highest BCUT2D eigenvalue weighted by atomic mass is 16.4. The second-order valence-electron chi connectivity index (χ2n) is 4.34. The Kier molecular flexibility index (Phi) is 4.16. The van der Waals surface area contributed by atoms with E-state index in [0.29, 0.717) is 29.5 Å². The normalized spacial score (nSPS) is 10.6. The van der Waals surface area contributed by atoms with Gasteiger partial charge in [-0.1, -0.05) is 20.3 Å². The van der Waals surface area contributed by atoms with Crippen LogP contribution in [0.25, 0.3) is 0 Å². The molecule has 94 valence electrons. The van der Waals surface area contributed by atoms with Crippen LogP contribution in [0.15, 0.2) is 0 Å². The van der Waals surface area contributed by atoms with E-state index in [9.17, 15) is 15.0 Å². The highest BCUT2D eigenvalue weighted by Crippen LogP contribution is 2.34. The molecule has 0 spiro atoms. The van der Waals surface area contributed by atoms with Gasteiger partial charge < -0.3 is 10.2 Å². The summed E-state index contributed by atoms with van der Waals surface area (Å²) in [7, 11) is 0. The third-order valence-corrected chi connectivity index (χ3v) is 3.29. The molecule has 0 aliphatic rings. The van der Waals surface area contributed by atoms with E-state index in [1.165, 1.54) is 0 Å². The Morgan fingerprint density at radius 3 is 2.06 bits per heavy atom. The maximum atomic E-state index is 11.3. The molecule has 0 amide bonds. The quantitative estimate of drug-likeness (QED) is 0.843. The Labute approximate surface area is 102 Å². The average molecular weight is 236 g/mol. The lowest BCUT2D eigenvalue weighted by molar-refractivity contribution is 0.0695. The molecule has 0 aliphatic carbocycles. The number of benzene rings is 1. The molecule has 0 fully saturated rings. The number of carboxylic acid groups (broad SMARTS) is 1. The van der Waals surface area contributed by atoms with Gasteiger partial charge >= 0.3 is 5.97 Å². The van der Waals surface area contributed by atoms with E-state index in [-0.39, 0.29) is 5.75 Å². The van der Waals surface area contributed by atoms with Crippen molar-refractivity contribution in [1.29, 1.82) is 0 Å². The number of hydrogen-bond donors (Lipinski definition) is 2. The molecule has 0 bridgehead atoms. The number of aromatic hydroxyl groups is 1. The van der Waals surface area contributed by atoms with Crippen LogP contribution in [0.2, 0.25) is 0 Å². The second kappa shape index (κ2) is 5.21. The minimum absolute atomic E-state index is 0.286. The summed E-state index contributed by atoms with van der Waals surface area (Å²) < 4.78 is 0. The van der Waals surface area contributed by atoms with Crippen molar-refractivity contribution in [2.45, 2.75) is 47.0 Å². The Bertz CT molecular complexity index is 448. The zero-order valence-electron chi connectivity index (χ0n) is 10.9. The molecular formula is C14H20O3. The molecule has 0 saturated carbocycles. The first kappa shape index (κ1) is 13.6. The van der Waals surface area contributed by atoms with Crippen LogP contribution in [0.4, 0.5) is 0 Å². The van der Waals surface area contributed by atoms with Crippen molar-refractivity contribution >= 4 is 5.97 Å². The molecule has 1 aromatic rings. The summed E-state index contributed by atoms with van der Waals surface area (Å²) in [6, 6.07) is 0. The van der Waals surface area contributed by atoms with Crippen LogP contribution in [-0.2, 0) is 12.8 Å². The van der Waals surface area contributed by atoms with Gasteiger partial charge in [0, 0.05) is 0 Å². The predicted octanol–water partition coefficient (Wildman–Crippen LogP) is 3.22. The number of carbonyl (C=O) groups is 1. The largest absolute Gasteiger partial charge is 0.507 e. The van der Waals surface area contributed by atoms with Gasteiger partial charge in [0.15, 0.2) is 0 Å². The fourth-order valence-electron chi connectivity index (χ4n) is 2.43. The number of carboxylic acids is 1.